The monoisotopic (exact) mass is 201 g/mol. The van der Waals surface area contributed by atoms with Crippen molar-refractivity contribution >= 4 is 28.8 Å². The Bertz CT molecular complexity index is 347. The molecule has 1 aromatic heterocycles. The van der Waals surface area contributed by atoms with Crippen molar-refractivity contribution in [1.82, 2.24) is 4.98 Å². The smallest absolute Gasteiger partial charge is 0.361 e. The van der Waals surface area contributed by atoms with Crippen molar-refractivity contribution in [2.45, 2.75) is 0 Å². The van der Waals surface area contributed by atoms with Gasteiger partial charge in [-0.3, -0.25) is 0 Å². The van der Waals surface area contributed by atoms with Crippen LogP contribution in [0.1, 0.15) is 5.01 Å². The zero-order chi connectivity index (χ0) is 9.84. The number of hydrogen-bond acceptors (Lipinski definition) is 6. The summed E-state index contributed by atoms with van der Waals surface area (Å²) in [6, 6.07) is 0. The van der Waals surface area contributed by atoms with Crippen molar-refractivity contribution < 1.29 is 14.7 Å². The summed E-state index contributed by atoms with van der Waals surface area (Å²) in [4.78, 5) is 18.7. The SMILES string of the molecule is CON=C(C(=O)O)c1nc(N)cs1. The minimum atomic E-state index is -1.20. The first-order valence-electron chi connectivity index (χ1n) is 3.21. The Balaban J connectivity index is 3.02. The molecule has 13 heavy (non-hydrogen) atoms. The minimum absolute atomic E-state index is 0.229. The Hall–Kier alpha value is -1.63. The maximum Gasteiger partial charge on any atom is 0.361 e. The molecule has 1 aromatic rings. The molecule has 0 aliphatic heterocycles. The molecular formula is C6H7N3O3S. The van der Waals surface area contributed by atoms with Crippen LogP contribution in [0, 0.1) is 0 Å². The number of carboxylic acid groups (broad SMARTS) is 1. The number of oxime groups is 1. The molecule has 0 bridgehead atoms. The lowest BCUT2D eigenvalue weighted by atomic mass is 10.4. The van der Waals surface area contributed by atoms with E-state index in [1.807, 2.05) is 0 Å². The maximum atomic E-state index is 10.6. The van der Waals surface area contributed by atoms with Gasteiger partial charge in [0.25, 0.3) is 0 Å². The number of aliphatic carboxylic acids is 1. The summed E-state index contributed by atoms with van der Waals surface area (Å²) in [5, 5.41) is 13.8. The van der Waals surface area contributed by atoms with Crippen molar-refractivity contribution in [3.05, 3.63) is 10.4 Å². The van der Waals surface area contributed by atoms with Crippen molar-refractivity contribution in [1.29, 1.82) is 0 Å². The summed E-state index contributed by atoms with van der Waals surface area (Å²) in [6.07, 6.45) is 0. The molecule has 0 amide bonds. The molecule has 0 radical (unpaired) electrons. The van der Waals surface area contributed by atoms with Crippen LogP contribution in [0.4, 0.5) is 5.82 Å². The van der Waals surface area contributed by atoms with Gasteiger partial charge >= 0.3 is 5.97 Å². The number of nitrogens with zero attached hydrogens (tertiary/aromatic N) is 2. The van der Waals surface area contributed by atoms with Gasteiger partial charge in [-0.25, -0.2) is 9.78 Å². The fourth-order valence-electron chi connectivity index (χ4n) is 0.656. The second-order valence-electron chi connectivity index (χ2n) is 2.01. The van der Waals surface area contributed by atoms with Crippen LogP contribution in [-0.2, 0) is 9.63 Å². The third-order valence-electron chi connectivity index (χ3n) is 1.11. The summed E-state index contributed by atoms with van der Waals surface area (Å²) in [7, 11) is 1.26. The highest BCUT2D eigenvalue weighted by Crippen LogP contribution is 2.12. The van der Waals surface area contributed by atoms with E-state index >= 15 is 0 Å². The van der Waals surface area contributed by atoms with Gasteiger partial charge in [-0.1, -0.05) is 5.16 Å². The number of thiazole rings is 1. The number of anilines is 1. The number of carboxylic acids is 1. The van der Waals surface area contributed by atoms with Gasteiger partial charge in [0.05, 0.1) is 0 Å². The highest BCUT2D eigenvalue weighted by Gasteiger charge is 2.16. The molecule has 0 spiro atoms. The maximum absolute atomic E-state index is 10.6. The van der Waals surface area contributed by atoms with Crippen LogP contribution < -0.4 is 5.73 Å². The van der Waals surface area contributed by atoms with Crippen molar-refractivity contribution in [2.24, 2.45) is 5.16 Å². The van der Waals surface area contributed by atoms with Gasteiger partial charge in [-0.2, -0.15) is 0 Å². The Labute approximate surface area is 77.6 Å². The van der Waals surface area contributed by atoms with E-state index in [1.54, 1.807) is 0 Å². The van der Waals surface area contributed by atoms with Crippen LogP contribution in [0.5, 0.6) is 0 Å². The molecule has 0 atom stereocenters. The predicted molar refractivity (Wildman–Crippen MR) is 47.7 cm³/mol. The lowest BCUT2D eigenvalue weighted by Gasteiger charge is -1.93. The van der Waals surface area contributed by atoms with Crippen LogP contribution in [0.2, 0.25) is 0 Å². The molecule has 0 saturated heterocycles. The Morgan fingerprint density at radius 3 is 2.92 bits per heavy atom. The molecule has 6 nitrogen and oxygen atoms in total. The van der Waals surface area contributed by atoms with Gasteiger partial charge in [0.1, 0.15) is 12.9 Å². The molecule has 0 fully saturated rings. The third-order valence-corrected chi connectivity index (χ3v) is 1.98. The first kappa shape index (κ1) is 9.46. The molecule has 1 heterocycles. The zero-order valence-corrected chi connectivity index (χ0v) is 7.54. The summed E-state index contributed by atoms with van der Waals surface area (Å²) in [5.74, 6) is -0.929. The Kier molecular flexibility index (Phi) is 2.80. The van der Waals surface area contributed by atoms with Crippen molar-refractivity contribution in [3.63, 3.8) is 0 Å². The summed E-state index contributed by atoms with van der Waals surface area (Å²) >= 11 is 1.10. The highest BCUT2D eigenvalue weighted by atomic mass is 32.1. The van der Waals surface area contributed by atoms with Crippen LogP contribution in [0.15, 0.2) is 10.5 Å². The summed E-state index contributed by atoms with van der Waals surface area (Å²) in [6.45, 7) is 0. The van der Waals surface area contributed by atoms with E-state index < -0.39 is 5.97 Å². The fraction of sp³-hybridized carbons (Fsp3) is 0.167. The van der Waals surface area contributed by atoms with E-state index in [1.165, 1.54) is 12.5 Å². The largest absolute Gasteiger partial charge is 0.476 e. The van der Waals surface area contributed by atoms with Gasteiger partial charge in [-0.05, 0) is 0 Å². The lowest BCUT2D eigenvalue weighted by Crippen LogP contribution is -2.14. The number of nitrogen functional groups attached to an aromatic ring is 1. The Morgan fingerprint density at radius 2 is 2.54 bits per heavy atom. The standard InChI is InChI=1S/C6H7N3O3S/c1-12-9-4(6(10)11)5-8-3(7)2-13-5/h2H,7H2,1H3,(H,10,11). The van der Waals surface area contributed by atoms with E-state index in [-0.39, 0.29) is 16.5 Å². The van der Waals surface area contributed by atoms with Crippen LogP contribution in [-0.4, -0.2) is 28.9 Å². The third kappa shape index (κ3) is 2.15. The molecule has 0 saturated carbocycles. The first-order chi connectivity index (χ1) is 6.15. The van der Waals surface area contributed by atoms with Gasteiger partial charge in [0, 0.05) is 5.38 Å². The first-order valence-corrected chi connectivity index (χ1v) is 4.09. The second-order valence-corrected chi connectivity index (χ2v) is 2.86. The molecule has 3 N–H and O–H groups in total. The average molecular weight is 201 g/mol. The molecule has 1 rings (SSSR count). The molecule has 7 heteroatoms. The number of carbonyl (C=O) groups is 1. The van der Waals surface area contributed by atoms with E-state index in [0.717, 1.165) is 11.3 Å². The van der Waals surface area contributed by atoms with Crippen molar-refractivity contribution in [3.8, 4) is 0 Å². The van der Waals surface area contributed by atoms with Gasteiger partial charge in [0.2, 0.25) is 5.71 Å². The van der Waals surface area contributed by atoms with E-state index in [4.69, 9.17) is 10.8 Å². The minimum Gasteiger partial charge on any atom is -0.476 e. The molecule has 70 valence electrons. The number of nitrogens with two attached hydrogens (primary N) is 1. The molecule has 0 aliphatic carbocycles. The zero-order valence-electron chi connectivity index (χ0n) is 6.72. The van der Waals surface area contributed by atoms with E-state index in [9.17, 15) is 4.79 Å². The van der Waals surface area contributed by atoms with Crippen LogP contribution >= 0.6 is 11.3 Å². The van der Waals surface area contributed by atoms with Crippen LogP contribution in [0.3, 0.4) is 0 Å². The topological polar surface area (TPSA) is 97.8 Å². The lowest BCUT2D eigenvalue weighted by molar-refractivity contribution is -0.129. The van der Waals surface area contributed by atoms with Crippen molar-refractivity contribution in [2.75, 3.05) is 12.8 Å². The molecule has 0 aliphatic rings. The fourth-order valence-corrected chi connectivity index (χ4v) is 1.34. The molecular weight excluding hydrogens is 194 g/mol. The van der Waals surface area contributed by atoms with Gasteiger partial charge in [0.15, 0.2) is 5.01 Å². The van der Waals surface area contributed by atoms with Gasteiger partial charge < -0.3 is 15.7 Å². The van der Waals surface area contributed by atoms with Gasteiger partial charge in [-0.15, -0.1) is 11.3 Å². The quantitative estimate of drug-likeness (QED) is 0.536. The number of hydrogen-bond donors (Lipinski definition) is 2. The highest BCUT2D eigenvalue weighted by molar-refractivity contribution is 7.13. The second kappa shape index (κ2) is 3.85. The number of aromatic nitrogens is 1. The van der Waals surface area contributed by atoms with E-state index in [2.05, 4.69) is 15.0 Å². The van der Waals surface area contributed by atoms with Crippen LogP contribution in [0.25, 0.3) is 0 Å². The van der Waals surface area contributed by atoms with E-state index in [0.29, 0.717) is 0 Å². The average Bonchev–Trinajstić information content (AvgIpc) is 2.46. The summed E-state index contributed by atoms with van der Waals surface area (Å²) in [5.41, 5.74) is 5.08. The normalized spacial score (nSPS) is 11.3. The molecule has 0 aromatic carbocycles. The Morgan fingerprint density at radius 1 is 1.85 bits per heavy atom. The summed E-state index contributed by atoms with van der Waals surface area (Å²) < 4.78 is 0. The predicted octanol–water partition coefficient (Wildman–Crippen LogP) is 0.160. The number of rotatable bonds is 3. The molecule has 0 unspecified atom stereocenters.